The lowest BCUT2D eigenvalue weighted by Gasteiger charge is -2.35. The number of hydrogen-bond donors (Lipinski definition) is 2. The van der Waals surface area contributed by atoms with E-state index in [1.54, 1.807) is 14.0 Å². The smallest absolute Gasteiger partial charge is 0.235 e. The lowest BCUT2D eigenvalue weighted by Crippen LogP contribution is -2.51. The van der Waals surface area contributed by atoms with Crippen LogP contribution in [-0.4, -0.2) is 40.6 Å². The van der Waals surface area contributed by atoms with E-state index in [0.717, 1.165) is 0 Å². The van der Waals surface area contributed by atoms with Crippen molar-refractivity contribution in [1.29, 1.82) is 0 Å². The molecule has 0 aromatic heterocycles. The van der Waals surface area contributed by atoms with Crippen LogP contribution < -0.4 is 5.73 Å². The van der Waals surface area contributed by atoms with E-state index >= 15 is 0 Å². The summed E-state index contributed by atoms with van der Waals surface area (Å²) in [4.78, 5) is 14.1. The Labute approximate surface area is 103 Å². The van der Waals surface area contributed by atoms with E-state index in [1.807, 2.05) is 13.8 Å². The number of nitrogens with zero attached hydrogens (tertiary/aromatic N) is 1. The van der Waals surface area contributed by atoms with Gasteiger partial charge in [0, 0.05) is 7.05 Å². The molecule has 0 aliphatic carbocycles. The number of carbonyl (C=O) groups is 1. The van der Waals surface area contributed by atoms with Gasteiger partial charge in [-0.25, -0.2) is 0 Å². The van der Waals surface area contributed by atoms with E-state index in [2.05, 4.69) is 0 Å². The molecule has 1 atom stereocenters. The van der Waals surface area contributed by atoms with Crippen LogP contribution in [0.1, 0.15) is 33.6 Å². The van der Waals surface area contributed by atoms with Crippen LogP contribution in [-0.2, 0) is 4.79 Å². The van der Waals surface area contributed by atoms with Crippen molar-refractivity contribution in [2.45, 2.75) is 39.7 Å². The highest BCUT2D eigenvalue weighted by Crippen LogP contribution is 2.29. The lowest BCUT2D eigenvalue weighted by molar-refractivity contribution is -0.139. The van der Waals surface area contributed by atoms with Gasteiger partial charge < -0.3 is 15.7 Å². The number of likely N-dealkylation sites (N-methyl/N-ethyl adjacent to an activating group) is 1. The Morgan fingerprint density at radius 3 is 2.19 bits per heavy atom. The summed E-state index contributed by atoms with van der Waals surface area (Å²) in [5.41, 5.74) is 4.92. The van der Waals surface area contributed by atoms with Gasteiger partial charge in [0.1, 0.15) is 0 Å². The molecule has 0 saturated carbocycles. The van der Waals surface area contributed by atoms with Gasteiger partial charge >= 0.3 is 0 Å². The van der Waals surface area contributed by atoms with E-state index in [9.17, 15) is 4.79 Å². The molecule has 16 heavy (non-hydrogen) atoms. The van der Waals surface area contributed by atoms with Gasteiger partial charge in [0.2, 0.25) is 5.91 Å². The number of aliphatic hydroxyl groups is 1. The molecule has 1 amide bonds. The molecule has 3 N–H and O–H groups in total. The fourth-order valence-corrected chi connectivity index (χ4v) is 2.04. The Morgan fingerprint density at radius 2 is 1.94 bits per heavy atom. The molecule has 0 heterocycles. The first kappa shape index (κ1) is 15.3. The van der Waals surface area contributed by atoms with Crippen molar-refractivity contribution in [2.75, 3.05) is 13.7 Å². The molecule has 0 saturated heterocycles. The number of rotatable bonds is 6. The molecule has 0 fully saturated rings. The van der Waals surface area contributed by atoms with Crippen LogP contribution in [0.25, 0.3) is 0 Å². The average molecular weight is 246 g/mol. The molecule has 0 aliphatic heterocycles. The summed E-state index contributed by atoms with van der Waals surface area (Å²) < 4.78 is 0. The Kier molecular flexibility index (Phi) is 5.89. The van der Waals surface area contributed by atoms with Crippen molar-refractivity contribution in [3.8, 4) is 0 Å². The second-order valence-electron chi connectivity index (χ2n) is 4.10. The fraction of sp³-hybridized carbons (Fsp3) is 0.818. The summed E-state index contributed by atoms with van der Waals surface area (Å²) in [6.45, 7) is 5.52. The second kappa shape index (κ2) is 6.15. The van der Waals surface area contributed by atoms with E-state index in [0.29, 0.717) is 12.8 Å². The summed E-state index contributed by atoms with van der Waals surface area (Å²) in [7, 11) is 1.67. The summed E-state index contributed by atoms with van der Waals surface area (Å²) in [6.07, 6.45) is 1.17. The predicted molar refractivity (Wildman–Crippen MR) is 69.1 cm³/mol. The van der Waals surface area contributed by atoms with Crippen molar-refractivity contribution in [3.05, 3.63) is 0 Å². The molecule has 0 aromatic carbocycles. The molecule has 1 unspecified atom stereocenters. The lowest BCUT2D eigenvalue weighted by atomic mass is 9.80. The van der Waals surface area contributed by atoms with Crippen molar-refractivity contribution in [3.63, 3.8) is 0 Å². The number of amides is 1. The molecule has 0 radical (unpaired) electrons. The Hall–Kier alpha value is -0.680. The minimum absolute atomic E-state index is 0.0664. The van der Waals surface area contributed by atoms with Crippen LogP contribution in [0.15, 0.2) is 0 Å². The summed E-state index contributed by atoms with van der Waals surface area (Å²) in [6, 6.07) is -0.223. The highest BCUT2D eigenvalue weighted by molar-refractivity contribution is 7.80. The summed E-state index contributed by atoms with van der Waals surface area (Å²) in [5.74, 6) is -0.105. The Morgan fingerprint density at radius 1 is 1.50 bits per heavy atom. The van der Waals surface area contributed by atoms with Crippen LogP contribution in [0.2, 0.25) is 0 Å². The normalized spacial score (nSPS) is 13.3. The number of nitrogens with two attached hydrogens (primary N) is 1. The van der Waals surface area contributed by atoms with Crippen molar-refractivity contribution >= 4 is 23.1 Å². The van der Waals surface area contributed by atoms with Crippen molar-refractivity contribution < 1.29 is 9.90 Å². The SMILES string of the molecule is CCC(CC)(C(=O)N(C)C(C)CO)C(N)=S. The maximum atomic E-state index is 12.3. The summed E-state index contributed by atoms with van der Waals surface area (Å²) >= 11 is 5.01. The van der Waals surface area contributed by atoms with E-state index in [1.165, 1.54) is 4.90 Å². The number of aliphatic hydroxyl groups excluding tert-OH is 1. The molecule has 0 spiro atoms. The molecule has 0 rings (SSSR count). The van der Waals surface area contributed by atoms with Gasteiger partial charge in [-0.1, -0.05) is 26.1 Å². The number of carbonyl (C=O) groups excluding carboxylic acids is 1. The molecular weight excluding hydrogens is 224 g/mol. The topological polar surface area (TPSA) is 66.6 Å². The maximum Gasteiger partial charge on any atom is 0.235 e. The van der Waals surface area contributed by atoms with Gasteiger partial charge in [-0.05, 0) is 19.8 Å². The zero-order chi connectivity index (χ0) is 12.9. The van der Waals surface area contributed by atoms with Crippen LogP contribution in [0.5, 0.6) is 0 Å². The van der Waals surface area contributed by atoms with Crippen molar-refractivity contribution in [2.24, 2.45) is 11.1 Å². The minimum Gasteiger partial charge on any atom is -0.394 e. The number of thiocarbonyl (C=S) groups is 1. The second-order valence-corrected chi connectivity index (χ2v) is 4.54. The Balaban J connectivity index is 5.10. The predicted octanol–water partition coefficient (Wildman–Crippen LogP) is 0.918. The first-order valence-electron chi connectivity index (χ1n) is 5.55. The molecular formula is C11H22N2O2S. The van der Waals surface area contributed by atoms with Gasteiger partial charge in [0.05, 0.1) is 23.1 Å². The van der Waals surface area contributed by atoms with Gasteiger partial charge in [0.25, 0.3) is 0 Å². The molecule has 0 bridgehead atoms. The third kappa shape index (κ3) is 2.71. The minimum atomic E-state index is -0.770. The van der Waals surface area contributed by atoms with Crippen LogP contribution in [0.4, 0.5) is 0 Å². The fourth-order valence-electron chi connectivity index (χ4n) is 1.67. The van der Waals surface area contributed by atoms with Gasteiger partial charge in [0.15, 0.2) is 0 Å². The van der Waals surface area contributed by atoms with Crippen molar-refractivity contribution in [1.82, 2.24) is 4.90 Å². The highest BCUT2D eigenvalue weighted by atomic mass is 32.1. The van der Waals surface area contributed by atoms with Crippen LogP contribution in [0.3, 0.4) is 0 Å². The average Bonchev–Trinajstić information content (AvgIpc) is 2.28. The van der Waals surface area contributed by atoms with E-state index in [-0.39, 0.29) is 23.5 Å². The standard InChI is InChI=1S/C11H22N2O2S/c1-5-11(6-2,9(12)16)10(15)13(4)8(3)7-14/h8,14H,5-7H2,1-4H3,(H2,12,16). The Bertz CT molecular complexity index is 265. The quantitative estimate of drug-likeness (QED) is 0.684. The van der Waals surface area contributed by atoms with Gasteiger partial charge in [-0.2, -0.15) is 0 Å². The maximum absolute atomic E-state index is 12.3. The third-order valence-corrected chi connectivity index (χ3v) is 3.72. The molecule has 0 aliphatic rings. The summed E-state index contributed by atoms with van der Waals surface area (Å²) in [5, 5.41) is 9.05. The molecule has 4 nitrogen and oxygen atoms in total. The van der Waals surface area contributed by atoms with E-state index < -0.39 is 5.41 Å². The molecule has 0 aromatic rings. The highest BCUT2D eigenvalue weighted by Gasteiger charge is 2.40. The zero-order valence-electron chi connectivity index (χ0n) is 10.5. The molecule has 94 valence electrons. The van der Waals surface area contributed by atoms with E-state index in [4.69, 9.17) is 23.1 Å². The largest absolute Gasteiger partial charge is 0.394 e. The zero-order valence-corrected chi connectivity index (χ0v) is 11.3. The first-order chi connectivity index (χ1) is 7.37. The van der Waals surface area contributed by atoms with Crippen LogP contribution in [0, 0.1) is 5.41 Å². The first-order valence-corrected chi connectivity index (χ1v) is 5.96. The monoisotopic (exact) mass is 246 g/mol. The third-order valence-electron chi connectivity index (χ3n) is 3.33. The van der Waals surface area contributed by atoms with Gasteiger partial charge in [-0.3, -0.25) is 4.79 Å². The van der Waals surface area contributed by atoms with Gasteiger partial charge in [-0.15, -0.1) is 0 Å². The number of hydrogen-bond acceptors (Lipinski definition) is 3. The molecule has 5 heteroatoms. The van der Waals surface area contributed by atoms with Crippen LogP contribution >= 0.6 is 12.2 Å².